The SMILES string of the molecule is CCc1ccc(C(=O)C(CC(=O)O)CN(CC)CC)cc1. The van der Waals surface area contributed by atoms with E-state index < -0.39 is 11.9 Å². The molecule has 0 aliphatic heterocycles. The van der Waals surface area contributed by atoms with Gasteiger partial charge in [0.1, 0.15) is 0 Å². The van der Waals surface area contributed by atoms with E-state index in [4.69, 9.17) is 5.11 Å². The van der Waals surface area contributed by atoms with E-state index in [1.807, 2.05) is 26.0 Å². The summed E-state index contributed by atoms with van der Waals surface area (Å²) in [5.74, 6) is -1.49. The van der Waals surface area contributed by atoms with Crippen LogP contribution in [0, 0.1) is 5.92 Å². The summed E-state index contributed by atoms with van der Waals surface area (Å²) in [4.78, 5) is 25.7. The molecule has 1 aromatic carbocycles. The van der Waals surface area contributed by atoms with Crippen molar-refractivity contribution >= 4 is 11.8 Å². The van der Waals surface area contributed by atoms with Gasteiger partial charge in [-0.05, 0) is 25.1 Å². The van der Waals surface area contributed by atoms with Gasteiger partial charge in [-0.2, -0.15) is 0 Å². The molecule has 1 aromatic rings. The monoisotopic (exact) mass is 291 g/mol. The van der Waals surface area contributed by atoms with E-state index >= 15 is 0 Å². The minimum absolute atomic E-state index is 0.0769. The highest BCUT2D eigenvalue weighted by molar-refractivity contribution is 5.99. The number of carbonyl (C=O) groups is 2. The maximum Gasteiger partial charge on any atom is 0.304 e. The minimum atomic E-state index is -0.925. The van der Waals surface area contributed by atoms with Crippen molar-refractivity contribution < 1.29 is 14.7 Å². The Morgan fingerprint density at radius 2 is 1.67 bits per heavy atom. The normalized spacial score (nSPS) is 12.4. The number of carboxylic acid groups (broad SMARTS) is 1. The number of hydrogen-bond acceptors (Lipinski definition) is 3. The highest BCUT2D eigenvalue weighted by atomic mass is 16.4. The van der Waals surface area contributed by atoms with Gasteiger partial charge in [-0.3, -0.25) is 9.59 Å². The van der Waals surface area contributed by atoms with Crippen molar-refractivity contribution in [2.24, 2.45) is 5.92 Å². The van der Waals surface area contributed by atoms with Crippen molar-refractivity contribution in [3.8, 4) is 0 Å². The van der Waals surface area contributed by atoms with Gasteiger partial charge in [-0.15, -0.1) is 0 Å². The quantitative estimate of drug-likeness (QED) is 0.711. The van der Waals surface area contributed by atoms with Crippen LogP contribution in [0.5, 0.6) is 0 Å². The molecule has 1 unspecified atom stereocenters. The first-order valence-corrected chi connectivity index (χ1v) is 7.59. The summed E-state index contributed by atoms with van der Waals surface area (Å²) < 4.78 is 0. The minimum Gasteiger partial charge on any atom is -0.481 e. The molecular formula is C17H25NO3. The highest BCUT2D eigenvalue weighted by Crippen LogP contribution is 2.16. The Labute approximate surface area is 126 Å². The molecule has 4 nitrogen and oxygen atoms in total. The number of Topliss-reactive ketones (excluding diaryl/α,β-unsaturated/α-hetero) is 1. The van der Waals surface area contributed by atoms with Gasteiger partial charge in [0.25, 0.3) is 0 Å². The third kappa shape index (κ3) is 5.31. The summed E-state index contributed by atoms with van der Waals surface area (Å²) >= 11 is 0. The fourth-order valence-corrected chi connectivity index (χ4v) is 2.38. The third-order valence-electron chi connectivity index (χ3n) is 3.81. The summed E-state index contributed by atoms with van der Waals surface area (Å²) in [6.45, 7) is 8.21. The van der Waals surface area contributed by atoms with Gasteiger partial charge in [-0.1, -0.05) is 45.0 Å². The molecule has 0 heterocycles. The third-order valence-corrected chi connectivity index (χ3v) is 3.81. The largest absolute Gasteiger partial charge is 0.481 e. The molecular weight excluding hydrogens is 266 g/mol. The van der Waals surface area contributed by atoms with Gasteiger partial charge in [0.2, 0.25) is 0 Å². The molecule has 1 rings (SSSR count). The molecule has 0 amide bonds. The Kier molecular flexibility index (Phi) is 7.09. The zero-order valence-electron chi connectivity index (χ0n) is 13.1. The van der Waals surface area contributed by atoms with Gasteiger partial charge in [-0.25, -0.2) is 0 Å². The topological polar surface area (TPSA) is 57.6 Å². The molecule has 0 radical (unpaired) electrons. The molecule has 0 bridgehead atoms. The molecule has 21 heavy (non-hydrogen) atoms. The second kappa shape index (κ2) is 8.57. The van der Waals surface area contributed by atoms with Gasteiger partial charge in [0.15, 0.2) is 5.78 Å². The van der Waals surface area contributed by atoms with Crippen LogP contribution in [0.1, 0.15) is 43.1 Å². The van der Waals surface area contributed by atoms with E-state index in [1.165, 1.54) is 5.56 Å². The smallest absolute Gasteiger partial charge is 0.304 e. The van der Waals surface area contributed by atoms with Crippen LogP contribution in [0.25, 0.3) is 0 Å². The Hall–Kier alpha value is -1.68. The lowest BCUT2D eigenvalue weighted by Crippen LogP contribution is -2.34. The number of benzene rings is 1. The molecule has 1 atom stereocenters. The molecule has 0 saturated heterocycles. The number of carboxylic acids is 1. The van der Waals surface area contributed by atoms with E-state index in [0.29, 0.717) is 12.1 Å². The van der Waals surface area contributed by atoms with Gasteiger partial charge in [0.05, 0.1) is 6.42 Å². The molecule has 0 aromatic heterocycles. The van der Waals surface area contributed by atoms with Gasteiger partial charge < -0.3 is 10.0 Å². The summed E-state index contributed by atoms with van der Waals surface area (Å²) in [6.07, 6.45) is 0.803. The van der Waals surface area contributed by atoms with Crippen molar-refractivity contribution in [3.63, 3.8) is 0 Å². The number of aryl methyl sites for hydroxylation is 1. The molecule has 0 aliphatic rings. The first-order chi connectivity index (χ1) is 10.0. The van der Waals surface area contributed by atoms with E-state index in [-0.39, 0.29) is 12.2 Å². The van der Waals surface area contributed by atoms with E-state index in [9.17, 15) is 9.59 Å². The van der Waals surface area contributed by atoms with Crippen LogP contribution in [0.2, 0.25) is 0 Å². The molecule has 116 valence electrons. The van der Waals surface area contributed by atoms with Crippen LogP contribution >= 0.6 is 0 Å². The number of rotatable bonds is 9. The lowest BCUT2D eigenvalue weighted by atomic mass is 9.93. The van der Waals surface area contributed by atoms with Gasteiger partial charge in [0, 0.05) is 18.0 Å². The Bertz CT molecular complexity index is 463. The fraction of sp³-hybridized carbons (Fsp3) is 0.529. The number of nitrogens with zero attached hydrogens (tertiary/aromatic N) is 1. The Morgan fingerprint density at radius 3 is 2.10 bits per heavy atom. The van der Waals surface area contributed by atoms with Crippen molar-refractivity contribution in [2.75, 3.05) is 19.6 Å². The zero-order chi connectivity index (χ0) is 15.8. The molecule has 0 aliphatic carbocycles. The van der Waals surface area contributed by atoms with E-state index in [1.54, 1.807) is 12.1 Å². The van der Waals surface area contributed by atoms with Gasteiger partial charge >= 0.3 is 5.97 Å². The highest BCUT2D eigenvalue weighted by Gasteiger charge is 2.24. The maximum atomic E-state index is 12.6. The van der Waals surface area contributed by atoms with Crippen molar-refractivity contribution in [3.05, 3.63) is 35.4 Å². The molecule has 0 spiro atoms. The lowest BCUT2D eigenvalue weighted by molar-refractivity contribution is -0.137. The van der Waals surface area contributed by atoms with E-state index in [0.717, 1.165) is 19.5 Å². The Morgan fingerprint density at radius 1 is 1.10 bits per heavy atom. The number of carbonyl (C=O) groups excluding carboxylic acids is 1. The standard InChI is InChI=1S/C17H25NO3/c1-4-13-7-9-14(10-8-13)17(21)15(11-16(19)20)12-18(5-2)6-3/h7-10,15H,4-6,11-12H2,1-3H3,(H,19,20). The lowest BCUT2D eigenvalue weighted by Gasteiger charge is -2.23. The molecule has 4 heteroatoms. The van der Waals surface area contributed by atoms with Crippen LogP contribution in [-0.2, 0) is 11.2 Å². The van der Waals surface area contributed by atoms with Crippen molar-refractivity contribution in [1.82, 2.24) is 4.90 Å². The predicted molar refractivity (Wildman–Crippen MR) is 83.7 cm³/mol. The van der Waals surface area contributed by atoms with Crippen LogP contribution in [0.4, 0.5) is 0 Å². The first-order valence-electron chi connectivity index (χ1n) is 7.59. The van der Waals surface area contributed by atoms with Crippen molar-refractivity contribution in [1.29, 1.82) is 0 Å². The summed E-state index contributed by atoms with van der Waals surface area (Å²) in [7, 11) is 0. The molecule has 1 N–H and O–H groups in total. The fourth-order valence-electron chi connectivity index (χ4n) is 2.38. The number of hydrogen-bond donors (Lipinski definition) is 1. The summed E-state index contributed by atoms with van der Waals surface area (Å²) in [5.41, 5.74) is 1.77. The second-order valence-electron chi connectivity index (χ2n) is 5.20. The van der Waals surface area contributed by atoms with Crippen molar-refractivity contribution in [2.45, 2.75) is 33.6 Å². The van der Waals surface area contributed by atoms with Crippen LogP contribution in [0.3, 0.4) is 0 Å². The number of ketones is 1. The average Bonchev–Trinajstić information content (AvgIpc) is 2.50. The first kappa shape index (κ1) is 17.4. The maximum absolute atomic E-state index is 12.6. The average molecular weight is 291 g/mol. The molecule has 0 fully saturated rings. The van der Waals surface area contributed by atoms with Crippen LogP contribution < -0.4 is 0 Å². The summed E-state index contributed by atoms with van der Waals surface area (Å²) in [5, 5.41) is 9.05. The summed E-state index contributed by atoms with van der Waals surface area (Å²) in [6, 6.07) is 7.47. The zero-order valence-corrected chi connectivity index (χ0v) is 13.1. The van der Waals surface area contributed by atoms with Crippen LogP contribution in [0.15, 0.2) is 24.3 Å². The molecule has 0 saturated carbocycles. The number of aliphatic carboxylic acids is 1. The predicted octanol–water partition coefficient (Wildman–Crippen LogP) is 2.86. The second-order valence-corrected chi connectivity index (χ2v) is 5.20. The Balaban J connectivity index is 2.89. The van der Waals surface area contributed by atoms with Crippen LogP contribution in [-0.4, -0.2) is 41.4 Å². The van der Waals surface area contributed by atoms with E-state index in [2.05, 4.69) is 11.8 Å².